The zero-order valence-electron chi connectivity index (χ0n) is 14.8. The fourth-order valence-electron chi connectivity index (χ4n) is 2.13. The van der Waals surface area contributed by atoms with Gasteiger partial charge in [0.1, 0.15) is 36.5 Å². The van der Waals surface area contributed by atoms with Crippen molar-refractivity contribution < 1.29 is 18.9 Å². The molecule has 0 N–H and O–H groups in total. The zero-order valence-corrected chi connectivity index (χ0v) is 14.8. The molecular formula is C18H23N3O4. The summed E-state index contributed by atoms with van der Waals surface area (Å²) in [4.78, 5) is 0. The second kappa shape index (κ2) is 10.5. The van der Waals surface area contributed by atoms with Crippen LogP contribution in [-0.4, -0.2) is 55.6 Å². The van der Waals surface area contributed by atoms with E-state index in [0.717, 1.165) is 5.75 Å². The van der Waals surface area contributed by atoms with E-state index in [1.165, 1.54) is 0 Å². The van der Waals surface area contributed by atoms with Gasteiger partial charge in [0.2, 0.25) is 0 Å². The van der Waals surface area contributed by atoms with Crippen LogP contribution in [0.1, 0.15) is 11.4 Å². The molecule has 7 heteroatoms. The topological polar surface area (TPSA) is 67.6 Å². The Balaban J connectivity index is 2.07. The van der Waals surface area contributed by atoms with Crippen LogP contribution in [0.15, 0.2) is 30.3 Å². The van der Waals surface area contributed by atoms with Gasteiger partial charge in [-0.1, -0.05) is 29.3 Å². The van der Waals surface area contributed by atoms with E-state index >= 15 is 0 Å². The summed E-state index contributed by atoms with van der Waals surface area (Å²) in [6.45, 7) is 1.54. The fourth-order valence-corrected chi connectivity index (χ4v) is 2.13. The fraction of sp³-hybridized carbons (Fsp3) is 0.444. The van der Waals surface area contributed by atoms with E-state index in [-0.39, 0.29) is 6.10 Å². The monoisotopic (exact) mass is 345 g/mol. The molecule has 1 unspecified atom stereocenters. The van der Waals surface area contributed by atoms with E-state index in [0.29, 0.717) is 37.8 Å². The average Bonchev–Trinajstić information content (AvgIpc) is 3.01. The Morgan fingerprint density at radius 1 is 1.12 bits per heavy atom. The first-order valence-electron chi connectivity index (χ1n) is 7.88. The van der Waals surface area contributed by atoms with Gasteiger partial charge in [0.05, 0.1) is 13.2 Å². The van der Waals surface area contributed by atoms with E-state index in [2.05, 4.69) is 22.2 Å². The number of methoxy groups -OCH3 is 3. The van der Waals surface area contributed by atoms with Crippen LogP contribution in [0.3, 0.4) is 0 Å². The van der Waals surface area contributed by atoms with Gasteiger partial charge in [0, 0.05) is 21.3 Å². The minimum atomic E-state index is -0.194. The third kappa shape index (κ3) is 5.87. The lowest BCUT2D eigenvalue weighted by atomic mass is 10.3. The first-order chi connectivity index (χ1) is 12.3. The molecule has 0 fully saturated rings. The summed E-state index contributed by atoms with van der Waals surface area (Å²) < 4.78 is 23.1. The van der Waals surface area contributed by atoms with E-state index < -0.39 is 0 Å². The number of nitrogens with zero attached hydrogens (tertiary/aromatic N) is 3. The van der Waals surface area contributed by atoms with E-state index in [1.807, 2.05) is 30.3 Å². The molecule has 1 atom stereocenters. The summed E-state index contributed by atoms with van der Waals surface area (Å²) in [6, 6.07) is 9.60. The molecule has 134 valence electrons. The Morgan fingerprint density at radius 3 is 2.60 bits per heavy atom. The van der Waals surface area contributed by atoms with Gasteiger partial charge in [-0.25, -0.2) is 4.68 Å². The summed E-state index contributed by atoms with van der Waals surface area (Å²) in [6.07, 6.45) is -0.194. The maximum atomic E-state index is 5.76. The summed E-state index contributed by atoms with van der Waals surface area (Å²) in [5.41, 5.74) is 1.38. The van der Waals surface area contributed by atoms with Crippen LogP contribution in [0, 0.1) is 11.8 Å². The standard InChI is InChI=1S/C18H23N3O4/c1-22-11-7-10-18-17(14-23-2)19-20-21(18)12-16(24-3)13-25-15-8-5-4-6-9-15/h4-6,8-9,16H,11-14H2,1-3H3. The van der Waals surface area contributed by atoms with E-state index in [9.17, 15) is 0 Å². The summed E-state index contributed by atoms with van der Waals surface area (Å²) >= 11 is 0. The third-order valence-electron chi connectivity index (χ3n) is 3.40. The van der Waals surface area contributed by atoms with Crippen LogP contribution in [0.4, 0.5) is 0 Å². The lowest BCUT2D eigenvalue weighted by Gasteiger charge is -2.16. The Hall–Kier alpha value is -2.40. The summed E-state index contributed by atoms with van der Waals surface area (Å²) in [7, 11) is 4.85. The second-order valence-electron chi connectivity index (χ2n) is 5.22. The first kappa shape index (κ1) is 18.9. The Kier molecular flexibility index (Phi) is 7.92. The molecule has 7 nitrogen and oxygen atoms in total. The first-order valence-corrected chi connectivity index (χ1v) is 7.88. The summed E-state index contributed by atoms with van der Waals surface area (Å²) in [5, 5.41) is 8.30. The molecule has 1 aromatic heterocycles. The third-order valence-corrected chi connectivity index (χ3v) is 3.40. The number of aromatic nitrogens is 3. The lowest BCUT2D eigenvalue weighted by Crippen LogP contribution is -2.27. The molecule has 1 heterocycles. The highest BCUT2D eigenvalue weighted by Crippen LogP contribution is 2.11. The molecule has 0 radical (unpaired) electrons. The van der Waals surface area contributed by atoms with Gasteiger partial charge in [-0.05, 0) is 18.1 Å². The number of rotatable bonds is 9. The quantitative estimate of drug-likeness (QED) is 0.642. The number of para-hydroxylation sites is 1. The molecule has 2 rings (SSSR count). The Morgan fingerprint density at radius 2 is 1.92 bits per heavy atom. The highest BCUT2D eigenvalue weighted by Gasteiger charge is 2.16. The van der Waals surface area contributed by atoms with Crippen LogP contribution < -0.4 is 4.74 Å². The molecule has 25 heavy (non-hydrogen) atoms. The number of ether oxygens (including phenoxy) is 4. The largest absolute Gasteiger partial charge is 0.491 e. The maximum Gasteiger partial charge on any atom is 0.137 e. The number of benzene rings is 1. The SMILES string of the molecule is COCC#Cc1c(COC)nnn1CC(COc1ccccc1)OC. The molecule has 2 aromatic rings. The van der Waals surface area contributed by atoms with Gasteiger partial charge >= 0.3 is 0 Å². The van der Waals surface area contributed by atoms with Gasteiger partial charge in [-0.2, -0.15) is 0 Å². The number of hydrogen-bond acceptors (Lipinski definition) is 6. The zero-order chi connectivity index (χ0) is 17.9. The van der Waals surface area contributed by atoms with Crippen LogP contribution in [-0.2, 0) is 27.4 Å². The minimum Gasteiger partial charge on any atom is -0.491 e. The molecule has 0 amide bonds. The molecule has 0 aliphatic carbocycles. The molecule has 0 saturated carbocycles. The highest BCUT2D eigenvalue weighted by atomic mass is 16.5. The predicted molar refractivity (Wildman–Crippen MR) is 92.2 cm³/mol. The molecule has 0 saturated heterocycles. The van der Waals surface area contributed by atoms with Crippen molar-refractivity contribution in [1.82, 2.24) is 15.0 Å². The van der Waals surface area contributed by atoms with Crippen LogP contribution in [0.2, 0.25) is 0 Å². The normalized spacial score (nSPS) is 11.6. The molecule has 1 aromatic carbocycles. The van der Waals surface area contributed by atoms with Crippen molar-refractivity contribution in [2.45, 2.75) is 19.3 Å². The maximum absolute atomic E-state index is 5.76. The van der Waals surface area contributed by atoms with Crippen LogP contribution in [0.25, 0.3) is 0 Å². The van der Waals surface area contributed by atoms with Gasteiger partial charge in [0.15, 0.2) is 0 Å². The molecule has 0 aliphatic rings. The highest BCUT2D eigenvalue weighted by molar-refractivity contribution is 5.31. The smallest absolute Gasteiger partial charge is 0.137 e. The van der Waals surface area contributed by atoms with Gasteiger partial charge in [-0.15, -0.1) is 5.10 Å². The van der Waals surface area contributed by atoms with Crippen molar-refractivity contribution in [3.05, 3.63) is 41.7 Å². The predicted octanol–water partition coefficient (Wildman–Crippen LogP) is 1.52. The van der Waals surface area contributed by atoms with Crippen molar-refractivity contribution in [3.8, 4) is 17.6 Å². The van der Waals surface area contributed by atoms with Crippen molar-refractivity contribution in [1.29, 1.82) is 0 Å². The van der Waals surface area contributed by atoms with Gasteiger partial charge in [-0.3, -0.25) is 0 Å². The van der Waals surface area contributed by atoms with Crippen molar-refractivity contribution in [2.24, 2.45) is 0 Å². The van der Waals surface area contributed by atoms with Gasteiger partial charge < -0.3 is 18.9 Å². The van der Waals surface area contributed by atoms with E-state index in [4.69, 9.17) is 18.9 Å². The van der Waals surface area contributed by atoms with Crippen molar-refractivity contribution in [3.63, 3.8) is 0 Å². The lowest BCUT2D eigenvalue weighted by molar-refractivity contribution is 0.0428. The molecule has 0 spiro atoms. The molecule has 0 aliphatic heterocycles. The van der Waals surface area contributed by atoms with E-state index in [1.54, 1.807) is 26.0 Å². The Labute approximate surface area is 147 Å². The molecular weight excluding hydrogens is 322 g/mol. The summed E-state index contributed by atoms with van der Waals surface area (Å²) in [5.74, 6) is 6.76. The van der Waals surface area contributed by atoms with Crippen LogP contribution in [0.5, 0.6) is 5.75 Å². The van der Waals surface area contributed by atoms with Gasteiger partial charge in [0.25, 0.3) is 0 Å². The molecule has 0 bridgehead atoms. The average molecular weight is 345 g/mol. The number of hydrogen-bond donors (Lipinski definition) is 0. The second-order valence-corrected chi connectivity index (χ2v) is 5.22. The Bertz CT molecular complexity index is 691. The van der Waals surface area contributed by atoms with Crippen molar-refractivity contribution in [2.75, 3.05) is 34.5 Å². The van der Waals surface area contributed by atoms with Crippen molar-refractivity contribution >= 4 is 0 Å². The van der Waals surface area contributed by atoms with Crippen LogP contribution >= 0.6 is 0 Å². The minimum absolute atomic E-state index is 0.194.